The van der Waals surface area contributed by atoms with Gasteiger partial charge in [0.15, 0.2) is 0 Å². The van der Waals surface area contributed by atoms with Gasteiger partial charge in [-0.1, -0.05) is 18.2 Å². The summed E-state index contributed by atoms with van der Waals surface area (Å²) in [5.41, 5.74) is 4.67. The number of fused-ring (bicyclic) bond motifs is 1. The lowest BCUT2D eigenvalue weighted by Crippen LogP contribution is -2.50. The third kappa shape index (κ3) is 3.39. The van der Waals surface area contributed by atoms with Gasteiger partial charge in [0.25, 0.3) is 5.91 Å². The number of aromatic nitrogens is 1. The van der Waals surface area contributed by atoms with Crippen LogP contribution < -0.4 is 0 Å². The number of hydrogen-bond acceptors (Lipinski definition) is 2. The first-order valence-electron chi connectivity index (χ1n) is 9.40. The van der Waals surface area contributed by atoms with E-state index in [0.29, 0.717) is 38.2 Å². The smallest absolute Gasteiger partial charge is 0.255 e. The van der Waals surface area contributed by atoms with Crippen LogP contribution in [0.4, 0.5) is 0 Å². The van der Waals surface area contributed by atoms with Crippen LogP contribution in [-0.4, -0.2) is 52.4 Å². The van der Waals surface area contributed by atoms with Crippen molar-refractivity contribution < 1.29 is 9.59 Å². The summed E-state index contributed by atoms with van der Waals surface area (Å²) in [7, 11) is 1.91. The quantitative estimate of drug-likeness (QED) is 0.850. The lowest BCUT2D eigenvalue weighted by Gasteiger charge is -2.34. The van der Waals surface area contributed by atoms with Crippen LogP contribution in [-0.2, 0) is 31.1 Å². The molecule has 1 saturated heterocycles. The summed E-state index contributed by atoms with van der Waals surface area (Å²) in [5, 5.41) is 0. The number of benzene rings is 1. The molecule has 1 fully saturated rings. The van der Waals surface area contributed by atoms with E-state index in [1.54, 1.807) is 0 Å². The molecule has 2 aliphatic rings. The molecular formula is C21H25N3O2. The van der Waals surface area contributed by atoms with Crippen LogP contribution in [0.25, 0.3) is 0 Å². The maximum Gasteiger partial charge on any atom is 0.255 e. The van der Waals surface area contributed by atoms with Crippen molar-refractivity contribution in [1.29, 1.82) is 0 Å². The van der Waals surface area contributed by atoms with Crippen LogP contribution in [0.2, 0.25) is 0 Å². The Kier molecular flexibility index (Phi) is 4.53. The third-order valence-corrected chi connectivity index (χ3v) is 5.52. The van der Waals surface area contributed by atoms with Gasteiger partial charge in [0.05, 0.1) is 12.0 Å². The van der Waals surface area contributed by atoms with Crippen LogP contribution >= 0.6 is 0 Å². The molecule has 0 spiro atoms. The van der Waals surface area contributed by atoms with Crippen LogP contribution in [0.5, 0.6) is 0 Å². The first-order chi connectivity index (χ1) is 12.6. The van der Waals surface area contributed by atoms with Crippen molar-refractivity contribution in [1.82, 2.24) is 14.4 Å². The maximum atomic E-state index is 12.6. The van der Waals surface area contributed by atoms with Gasteiger partial charge < -0.3 is 14.4 Å². The molecule has 0 bridgehead atoms. The summed E-state index contributed by atoms with van der Waals surface area (Å²) in [6.07, 6.45) is 7.71. The molecule has 0 N–H and O–H groups in total. The molecule has 1 aliphatic heterocycles. The Morgan fingerprint density at radius 2 is 1.69 bits per heavy atom. The van der Waals surface area contributed by atoms with Gasteiger partial charge in [-0.3, -0.25) is 9.59 Å². The van der Waals surface area contributed by atoms with E-state index in [-0.39, 0.29) is 11.8 Å². The Morgan fingerprint density at radius 1 is 0.962 bits per heavy atom. The Bertz CT molecular complexity index is 832. The molecule has 1 aliphatic carbocycles. The standard InChI is InChI=1S/C21H25N3O2/c1-22-8-7-19(15-22)21(26)24-11-9-23(10-12-24)20(25)14-16-5-6-17-3-2-4-18(17)13-16/h5-8,13,15H,2-4,9-12,14H2,1H3. The third-order valence-electron chi connectivity index (χ3n) is 5.52. The zero-order chi connectivity index (χ0) is 18.1. The summed E-state index contributed by atoms with van der Waals surface area (Å²) >= 11 is 0. The molecule has 136 valence electrons. The topological polar surface area (TPSA) is 45.6 Å². The minimum Gasteiger partial charge on any atom is -0.356 e. The average Bonchev–Trinajstić information content (AvgIpc) is 3.29. The largest absolute Gasteiger partial charge is 0.356 e. The molecule has 2 aromatic rings. The van der Waals surface area contributed by atoms with E-state index in [1.165, 1.54) is 24.0 Å². The Labute approximate surface area is 154 Å². The number of carbonyl (C=O) groups excluding carboxylic acids is 2. The summed E-state index contributed by atoms with van der Waals surface area (Å²) in [5.74, 6) is 0.214. The minimum absolute atomic E-state index is 0.0521. The summed E-state index contributed by atoms with van der Waals surface area (Å²) < 4.78 is 1.88. The van der Waals surface area contributed by atoms with Crippen molar-refractivity contribution in [3.05, 3.63) is 58.9 Å². The number of hydrogen-bond donors (Lipinski definition) is 0. The number of rotatable bonds is 3. The molecule has 1 aromatic heterocycles. The highest BCUT2D eigenvalue weighted by Gasteiger charge is 2.25. The summed E-state index contributed by atoms with van der Waals surface area (Å²) in [6, 6.07) is 8.32. The van der Waals surface area contributed by atoms with Gasteiger partial charge in [0, 0.05) is 45.6 Å². The number of nitrogens with zero attached hydrogens (tertiary/aromatic N) is 3. The van der Waals surface area contributed by atoms with Crippen LogP contribution in [0, 0.1) is 0 Å². The van der Waals surface area contributed by atoms with Gasteiger partial charge in [-0.15, -0.1) is 0 Å². The molecule has 4 rings (SSSR count). The van der Waals surface area contributed by atoms with Gasteiger partial charge in [-0.05, 0) is 42.0 Å². The highest BCUT2D eigenvalue weighted by molar-refractivity contribution is 5.94. The molecule has 0 unspecified atom stereocenters. The molecule has 2 amide bonds. The van der Waals surface area contributed by atoms with E-state index in [9.17, 15) is 9.59 Å². The molecule has 5 heteroatoms. The second kappa shape index (κ2) is 6.98. The Morgan fingerprint density at radius 3 is 2.42 bits per heavy atom. The van der Waals surface area contributed by atoms with Gasteiger partial charge in [-0.2, -0.15) is 0 Å². The van der Waals surface area contributed by atoms with Gasteiger partial charge in [0.2, 0.25) is 5.91 Å². The van der Waals surface area contributed by atoms with Crippen LogP contribution in [0.1, 0.15) is 33.5 Å². The average molecular weight is 351 g/mol. The van der Waals surface area contributed by atoms with Crippen molar-refractivity contribution in [2.45, 2.75) is 25.7 Å². The number of amides is 2. The Hall–Kier alpha value is -2.56. The van der Waals surface area contributed by atoms with E-state index in [4.69, 9.17) is 0 Å². The second-order valence-electron chi connectivity index (χ2n) is 7.37. The fourth-order valence-corrected chi connectivity index (χ4v) is 3.99. The molecule has 5 nitrogen and oxygen atoms in total. The maximum absolute atomic E-state index is 12.6. The predicted molar refractivity (Wildman–Crippen MR) is 100 cm³/mol. The highest BCUT2D eigenvalue weighted by Crippen LogP contribution is 2.23. The van der Waals surface area contributed by atoms with E-state index >= 15 is 0 Å². The van der Waals surface area contributed by atoms with Crippen molar-refractivity contribution in [2.75, 3.05) is 26.2 Å². The first kappa shape index (κ1) is 16.9. The van der Waals surface area contributed by atoms with Crippen molar-refractivity contribution in [3.63, 3.8) is 0 Å². The second-order valence-corrected chi connectivity index (χ2v) is 7.37. The first-order valence-corrected chi connectivity index (χ1v) is 9.40. The zero-order valence-corrected chi connectivity index (χ0v) is 15.3. The van der Waals surface area contributed by atoms with Crippen LogP contribution in [0.15, 0.2) is 36.7 Å². The van der Waals surface area contributed by atoms with E-state index < -0.39 is 0 Å². The van der Waals surface area contributed by atoms with Gasteiger partial charge in [0.1, 0.15) is 0 Å². The van der Waals surface area contributed by atoms with Gasteiger partial charge in [-0.25, -0.2) is 0 Å². The van der Waals surface area contributed by atoms with E-state index in [0.717, 1.165) is 12.0 Å². The van der Waals surface area contributed by atoms with Gasteiger partial charge >= 0.3 is 0 Å². The van der Waals surface area contributed by atoms with Crippen molar-refractivity contribution in [2.24, 2.45) is 7.05 Å². The Balaban J connectivity index is 1.33. The van der Waals surface area contributed by atoms with Crippen molar-refractivity contribution in [3.8, 4) is 0 Å². The summed E-state index contributed by atoms with van der Waals surface area (Å²) in [6.45, 7) is 2.43. The number of carbonyl (C=O) groups is 2. The molecule has 0 saturated carbocycles. The summed E-state index contributed by atoms with van der Waals surface area (Å²) in [4.78, 5) is 28.9. The molecule has 26 heavy (non-hydrogen) atoms. The van der Waals surface area contributed by atoms with E-state index in [2.05, 4.69) is 18.2 Å². The van der Waals surface area contributed by atoms with Crippen LogP contribution in [0.3, 0.4) is 0 Å². The van der Waals surface area contributed by atoms with Crippen molar-refractivity contribution >= 4 is 11.8 Å². The fourth-order valence-electron chi connectivity index (χ4n) is 3.99. The molecular weight excluding hydrogens is 326 g/mol. The fraction of sp³-hybridized carbons (Fsp3) is 0.429. The molecule has 1 aromatic carbocycles. The lowest BCUT2D eigenvalue weighted by atomic mass is 10.0. The van der Waals surface area contributed by atoms with E-state index in [1.807, 2.05) is 39.9 Å². The SMILES string of the molecule is Cn1ccc(C(=O)N2CCN(C(=O)Cc3ccc4c(c3)CCC4)CC2)c1. The predicted octanol–water partition coefficient (Wildman–Crippen LogP) is 2.04. The lowest BCUT2D eigenvalue weighted by molar-refractivity contribution is -0.131. The number of piperazine rings is 1. The number of aryl methyl sites for hydroxylation is 3. The monoisotopic (exact) mass is 351 g/mol. The highest BCUT2D eigenvalue weighted by atomic mass is 16.2. The molecule has 0 radical (unpaired) electrons. The molecule has 0 atom stereocenters. The normalized spacial score (nSPS) is 16.7. The zero-order valence-electron chi connectivity index (χ0n) is 15.3. The minimum atomic E-state index is 0.0521. The molecule has 2 heterocycles.